The van der Waals surface area contributed by atoms with Gasteiger partial charge in [0.2, 0.25) is 0 Å². The van der Waals surface area contributed by atoms with Crippen LogP contribution in [0.4, 0.5) is 0 Å². The third-order valence-corrected chi connectivity index (χ3v) is 2.78. The molecule has 0 N–H and O–H groups in total. The van der Waals surface area contributed by atoms with Crippen molar-refractivity contribution in [3.05, 3.63) is 29.3 Å². The van der Waals surface area contributed by atoms with Crippen LogP contribution in [0.5, 0.6) is 0 Å². The fourth-order valence-electron chi connectivity index (χ4n) is 1.28. The minimum absolute atomic E-state index is 0.159. The molecule has 0 saturated heterocycles. The minimum atomic E-state index is 0.159. The van der Waals surface area contributed by atoms with Crippen LogP contribution in [0.1, 0.15) is 10.4 Å². The first-order valence-corrected chi connectivity index (χ1v) is 5.16. The maximum Gasteiger partial charge on any atom is 0.153 e. The summed E-state index contributed by atoms with van der Waals surface area (Å²) in [7, 11) is 0. The second kappa shape index (κ2) is 4.07. The lowest BCUT2D eigenvalue weighted by atomic mass is 10.2. The van der Waals surface area contributed by atoms with Crippen LogP contribution in [-0.2, 0) is 6.54 Å². The van der Waals surface area contributed by atoms with Crippen LogP contribution in [0.3, 0.4) is 0 Å². The van der Waals surface area contributed by atoms with E-state index in [2.05, 4.69) is 5.10 Å². The molecule has 2 aromatic heterocycles. The Morgan fingerprint density at radius 3 is 3.13 bits per heavy atom. The van der Waals surface area contributed by atoms with E-state index in [0.29, 0.717) is 11.3 Å². The molecule has 0 spiro atoms. The normalized spacial score (nSPS) is 9.80. The van der Waals surface area contributed by atoms with Crippen LogP contribution in [0, 0.1) is 11.3 Å². The van der Waals surface area contributed by atoms with E-state index in [1.165, 1.54) is 16.0 Å². The van der Waals surface area contributed by atoms with Gasteiger partial charge in [0, 0.05) is 6.20 Å². The van der Waals surface area contributed by atoms with Crippen molar-refractivity contribution in [2.24, 2.45) is 0 Å². The van der Waals surface area contributed by atoms with Crippen LogP contribution in [0.2, 0.25) is 0 Å². The Kier molecular flexibility index (Phi) is 2.61. The van der Waals surface area contributed by atoms with Gasteiger partial charge in [-0.25, -0.2) is 0 Å². The van der Waals surface area contributed by atoms with Gasteiger partial charge in [0.05, 0.1) is 16.5 Å². The largest absolute Gasteiger partial charge is 0.298 e. The molecule has 0 unspecified atom stereocenters. The maximum atomic E-state index is 10.8. The Labute approximate surface area is 90.4 Å². The van der Waals surface area contributed by atoms with E-state index in [1.54, 1.807) is 6.20 Å². The number of nitrogens with zero attached hydrogens (tertiary/aromatic N) is 3. The molecule has 0 fully saturated rings. The van der Waals surface area contributed by atoms with Gasteiger partial charge in [0.1, 0.15) is 12.2 Å². The third kappa shape index (κ3) is 1.80. The van der Waals surface area contributed by atoms with Gasteiger partial charge < -0.3 is 0 Å². The van der Waals surface area contributed by atoms with E-state index in [-0.39, 0.29) is 6.54 Å². The van der Waals surface area contributed by atoms with E-state index < -0.39 is 0 Å². The summed E-state index contributed by atoms with van der Waals surface area (Å²) in [5.74, 6) is 0. The molecule has 2 aromatic rings. The molecule has 0 aliphatic carbocycles. The van der Waals surface area contributed by atoms with Gasteiger partial charge in [-0.05, 0) is 11.4 Å². The number of carbonyl (C=O) groups excluding carboxylic acids is 1. The van der Waals surface area contributed by atoms with Crippen molar-refractivity contribution in [1.29, 1.82) is 5.26 Å². The summed E-state index contributed by atoms with van der Waals surface area (Å²) in [4.78, 5) is 11.7. The standard InChI is InChI=1S/C10H7N3OS/c11-3-4-13-6-8(7-14)10(12-13)9-2-1-5-15-9/h1-2,5-7H,4H2. The van der Waals surface area contributed by atoms with Gasteiger partial charge in [-0.15, -0.1) is 11.3 Å². The summed E-state index contributed by atoms with van der Waals surface area (Å²) >= 11 is 1.52. The monoisotopic (exact) mass is 217 g/mol. The summed E-state index contributed by atoms with van der Waals surface area (Å²) < 4.78 is 1.47. The molecule has 15 heavy (non-hydrogen) atoms. The Hall–Kier alpha value is -1.93. The molecule has 2 rings (SSSR count). The number of carbonyl (C=O) groups is 1. The van der Waals surface area contributed by atoms with Crippen LogP contribution in [0.25, 0.3) is 10.6 Å². The molecular formula is C10H7N3OS. The molecular weight excluding hydrogens is 210 g/mol. The summed E-state index contributed by atoms with van der Waals surface area (Å²) in [6.45, 7) is 0.159. The number of thiophene rings is 1. The highest BCUT2D eigenvalue weighted by Gasteiger charge is 2.10. The molecule has 0 aromatic carbocycles. The maximum absolute atomic E-state index is 10.8. The minimum Gasteiger partial charge on any atom is -0.298 e. The van der Waals surface area contributed by atoms with Gasteiger partial charge in [0.15, 0.2) is 6.29 Å². The Balaban J connectivity index is 2.47. The number of hydrogen-bond donors (Lipinski definition) is 0. The molecule has 0 amide bonds. The smallest absolute Gasteiger partial charge is 0.153 e. The predicted molar refractivity (Wildman–Crippen MR) is 56.5 cm³/mol. The van der Waals surface area contributed by atoms with Gasteiger partial charge in [-0.3, -0.25) is 9.48 Å². The highest BCUT2D eigenvalue weighted by atomic mass is 32.1. The number of hydrogen-bond acceptors (Lipinski definition) is 4. The van der Waals surface area contributed by atoms with Crippen molar-refractivity contribution in [2.75, 3.05) is 0 Å². The second-order valence-electron chi connectivity index (χ2n) is 2.88. The molecule has 0 bridgehead atoms. The SMILES string of the molecule is N#CCn1cc(C=O)c(-c2cccs2)n1. The molecule has 0 atom stereocenters. The summed E-state index contributed by atoms with van der Waals surface area (Å²) in [5.41, 5.74) is 1.17. The summed E-state index contributed by atoms with van der Waals surface area (Å²) in [5, 5.41) is 14.6. The zero-order valence-corrected chi connectivity index (χ0v) is 8.57. The lowest BCUT2D eigenvalue weighted by Gasteiger charge is -1.91. The topological polar surface area (TPSA) is 58.7 Å². The molecule has 2 heterocycles. The number of aromatic nitrogens is 2. The zero-order valence-electron chi connectivity index (χ0n) is 7.75. The fraction of sp³-hybridized carbons (Fsp3) is 0.100. The van der Waals surface area contributed by atoms with E-state index in [9.17, 15) is 4.79 Å². The lowest BCUT2D eigenvalue weighted by Crippen LogP contribution is -1.95. The number of nitriles is 1. The van der Waals surface area contributed by atoms with Crippen molar-refractivity contribution in [3.63, 3.8) is 0 Å². The molecule has 0 aliphatic heterocycles. The van der Waals surface area contributed by atoms with Crippen LogP contribution >= 0.6 is 11.3 Å². The first-order valence-electron chi connectivity index (χ1n) is 4.28. The molecule has 5 heteroatoms. The van der Waals surface area contributed by atoms with Crippen molar-refractivity contribution >= 4 is 17.6 Å². The van der Waals surface area contributed by atoms with Gasteiger partial charge in [0.25, 0.3) is 0 Å². The Bertz CT molecular complexity index is 507. The molecule has 4 nitrogen and oxygen atoms in total. The highest BCUT2D eigenvalue weighted by molar-refractivity contribution is 7.13. The number of aldehydes is 1. The van der Waals surface area contributed by atoms with Crippen molar-refractivity contribution in [3.8, 4) is 16.6 Å². The molecule has 74 valence electrons. The zero-order chi connectivity index (χ0) is 10.7. The highest BCUT2D eigenvalue weighted by Crippen LogP contribution is 2.25. The molecule has 0 aliphatic rings. The number of rotatable bonds is 3. The first kappa shape index (κ1) is 9.62. The average molecular weight is 217 g/mol. The van der Waals surface area contributed by atoms with Crippen molar-refractivity contribution < 1.29 is 4.79 Å². The quantitative estimate of drug-likeness (QED) is 0.738. The van der Waals surface area contributed by atoms with E-state index in [4.69, 9.17) is 5.26 Å². The van der Waals surface area contributed by atoms with Gasteiger partial charge in [-0.2, -0.15) is 10.4 Å². The van der Waals surface area contributed by atoms with E-state index >= 15 is 0 Å². The van der Waals surface area contributed by atoms with Crippen LogP contribution in [-0.4, -0.2) is 16.1 Å². The third-order valence-electron chi connectivity index (χ3n) is 1.90. The fourth-order valence-corrected chi connectivity index (χ4v) is 2.01. The Morgan fingerprint density at radius 2 is 2.53 bits per heavy atom. The van der Waals surface area contributed by atoms with Crippen LogP contribution in [0.15, 0.2) is 23.7 Å². The van der Waals surface area contributed by atoms with Crippen molar-refractivity contribution in [2.45, 2.75) is 6.54 Å². The van der Waals surface area contributed by atoms with Crippen molar-refractivity contribution in [1.82, 2.24) is 9.78 Å². The average Bonchev–Trinajstić information content (AvgIpc) is 2.84. The predicted octanol–water partition coefficient (Wildman–Crippen LogP) is 1.95. The first-order chi connectivity index (χ1) is 7.35. The lowest BCUT2D eigenvalue weighted by molar-refractivity contribution is 0.112. The van der Waals surface area contributed by atoms with E-state index in [1.807, 2.05) is 23.6 Å². The van der Waals surface area contributed by atoms with E-state index in [0.717, 1.165) is 11.2 Å². The van der Waals surface area contributed by atoms with Gasteiger partial charge in [-0.1, -0.05) is 6.07 Å². The summed E-state index contributed by atoms with van der Waals surface area (Å²) in [6, 6.07) is 5.78. The summed E-state index contributed by atoms with van der Waals surface area (Å²) in [6.07, 6.45) is 2.35. The molecule has 0 saturated carbocycles. The second-order valence-corrected chi connectivity index (χ2v) is 3.83. The Morgan fingerprint density at radius 1 is 1.67 bits per heavy atom. The van der Waals surface area contributed by atoms with Gasteiger partial charge >= 0.3 is 0 Å². The van der Waals surface area contributed by atoms with Crippen LogP contribution < -0.4 is 0 Å². The molecule has 0 radical (unpaired) electrons.